The number of carboxylic acids is 1. The molecule has 4 unspecified atom stereocenters. The normalized spacial score (nSPS) is 37.1. The average molecular weight is 763 g/mol. The summed E-state index contributed by atoms with van der Waals surface area (Å²) >= 11 is 0. The molecule has 0 bridgehead atoms. The molecular formula is C47H62N4O5. The molecule has 10 atom stereocenters. The summed E-state index contributed by atoms with van der Waals surface area (Å²) in [6.45, 7) is 15.1. The van der Waals surface area contributed by atoms with Gasteiger partial charge in [0.2, 0.25) is 5.91 Å². The highest BCUT2D eigenvalue weighted by atomic mass is 16.4. The summed E-state index contributed by atoms with van der Waals surface area (Å²) in [5.74, 6) is 0.718. The Morgan fingerprint density at radius 3 is 2.39 bits per heavy atom. The lowest BCUT2D eigenvalue weighted by Crippen LogP contribution is -2.67. The van der Waals surface area contributed by atoms with Crippen LogP contribution < -0.4 is 10.6 Å². The van der Waals surface area contributed by atoms with Gasteiger partial charge >= 0.3 is 5.97 Å². The lowest BCUT2D eigenvalue weighted by atomic mass is 9.32. The third-order valence-electron chi connectivity index (χ3n) is 17.1. The van der Waals surface area contributed by atoms with E-state index in [0.29, 0.717) is 42.0 Å². The lowest BCUT2D eigenvalue weighted by molar-refractivity contribution is -0.246. The second-order valence-corrected chi connectivity index (χ2v) is 19.6. The zero-order valence-corrected chi connectivity index (χ0v) is 34.3. The van der Waals surface area contributed by atoms with E-state index < -0.39 is 11.4 Å². The molecule has 9 heteroatoms. The van der Waals surface area contributed by atoms with Crippen molar-refractivity contribution in [3.8, 4) is 6.07 Å². The van der Waals surface area contributed by atoms with Gasteiger partial charge in [-0.15, -0.1) is 0 Å². The van der Waals surface area contributed by atoms with E-state index in [1.807, 2.05) is 18.2 Å². The van der Waals surface area contributed by atoms with Gasteiger partial charge in [0.25, 0.3) is 5.91 Å². The monoisotopic (exact) mass is 762 g/mol. The molecule has 9 nitrogen and oxygen atoms in total. The second kappa shape index (κ2) is 14.7. The molecule has 1 aromatic carbocycles. The first kappa shape index (κ1) is 40.2. The fraction of sp³-hybridized carbons (Fsp3) is 0.638. The number of carbonyl (C=O) groups is 3. The van der Waals surface area contributed by atoms with Gasteiger partial charge in [-0.1, -0.05) is 52.3 Å². The molecule has 4 N–H and O–H groups in total. The minimum atomic E-state index is -1.05. The van der Waals surface area contributed by atoms with Crippen LogP contribution in [0, 0.1) is 68.0 Å². The smallest absolute Gasteiger partial charge is 0.337 e. The number of aliphatic hydroxyl groups excluding tert-OH is 1. The number of rotatable bonds is 9. The van der Waals surface area contributed by atoms with Crippen molar-refractivity contribution in [3.05, 3.63) is 76.6 Å². The van der Waals surface area contributed by atoms with Crippen molar-refractivity contribution < 1.29 is 24.6 Å². The van der Waals surface area contributed by atoms with Crippen LogP contribution in [0.1, 0.15) is 138 Å². The Bertz CT molecular complexity index is 1930. The maximum atomic E-state index is 14.7. The second-order valence-electron chi connectivity index (χ2n) is 19.6. The largest absolute Gasteiger partial charge is 0.478 e. The molecule has 5 aliphatic carbocycles. The van der Waals surface area contributed by atoms with Crippen LogP contribution in [0.15, 0.2) is 54.2 Å². The molecule has 300 valence electrons. The quantitative estimate of drug-likeness (QED) is 0.188. The predicted octanol–water partition coefficient (Wildman–Crippen LogP) is 8.28. The summed E-state index contributed by atoms with van der Waals surface area (Å²) in [6, 6.07) is 12.8. The van der Waals surface area contributed by atoms with Gasteiger partial charge in [-0.25, -0.2) is 4.79 Å². The van der Waals surface area contributed by atoms with Gasteiger partial charge in [0.15, 0.2) is 0 Å². The van der Waals surface area contributed by atoms with Crippen LogP contribution in [0.25, 0.3) is 0 Å². The minimum absolute atomic E-state index is 0.0765. The Labute approximate surface area is 333 Å². The van der Waals surface area contributed by atoms with E-state index in [1.165, 1.54) is 18.7 Å². The SMILES string of the molecule is C/C(=C/C#N)[C@@H]1CC[C@]2(C(=O)NCCc3cccc(C(=O)NCc4ccc(C(=O)O)cn4)c3)CC[C@]3(C)C(CCC4[C@@]5(C)CC[C@H](O)C(C)(C)C5CC[C@]43C)C12. The van der Waals surface area contributed by atoms with E-state index in [1.54, 1.807) is 18.2 Å². The van der Waals surface area contributed by atoms with Crippen molar-refractivity contribution in [3.63, 3.8) is 0 Å². The Kier molecular flexibility index (Phi) is 10.6. The number of benzene rings is 1. The zero-order chi connectivity index (χ0) is 40.3. The number of aliphatic hydroxyl groups is 1. The van der Waals surface area contributed by atoms with Gasteiger partial charge in [-0.2, -0.15) is 5.26 Å². The minimum Gasteiger partial charge on any atom is -0.478 e. The highest BCUT2D eigenvalue weighted by Gasteiger charge is 2.71. The fourth-order valence-electron chi connectivity index (χ4n) is 14.0. The number of nitrogens with one attached hydrogen (secondary N) is 2. The van der Waals surface area contributed by atoms with Crippen molar-refractivity contribution in [2.45, 2.75) is 125 Å². The van der Waals surface area contributed by atoms with Crippen molar-refractivity contribution >= 4 is 17.8 Å². The Balaban J connectivity index is 1.07. The maximum absolute atomic E-state index is 14.7. The van der Waals surface area contributed by atoms with Crippen LogP contribution >= 0.6 is 0 Å². The van der Waals surface area contributed by atoms with Gasteiger partial charge in [0.05, 0.1) is 35.4 Å². The zero-order valence-electron chi connectivity index (χ0n) is 34.3. The predicted molar refractivity (Wildman–Crippen MR) is 215 cm³/mol. The molecule has 0 radical (unpaired) electrons. The van der Waals surface area contributed by atoms with Gasteiger partial charge in [0, 0.05) is 24.4 Å². The molecule has 5 saturated carbocycles. The van der Waals surface area contributed by atoms with Gasteiger partial charge in [-0.05, 0) is 159 Å². The first-order chi connectivity index (χ1) is 26.5. The number of allylic oxidation sites excluding steroid dienone is 2. The first-order valence-electron chi connectivity index (χ1n) is 21.1. The van der Waals surface area contributed by atoms with Gasteiger partial charge in [0.1, 0.15) is 0 Å². The number of nitrogens with zero attached hydrogens (tertiary/aromatic N) is 2. The number of pyridine rings is 1. The number of aromatic carboxylic acids is 1. The molecule has 0 saturated heterocycles. The van der Waals surface area contributed by atoms with Crippen molar-refractivity contribution in [2.75, 3.05) is 6.54 Å². The van der Waals surface area contributed by atoms with E-state index in [0.717, 1.165) is 68.9 Å². The van der Waals surface area contributed by atoms with Crippen LogP contribution in [0.3, 0.4) is 0 Å². The summed E-state index contributed by atoms with van der Waals surface area (Å²) in [5.41, 5.74) is 3.08. The van der Waals surface area contributed by atoms with Gasteiger partial charge in [-0.3, -0.25) is 14.6 Å². The fourth-order valence-corrected chi connectivity index (χ4v) is 14.0. The van der Waals surface area contributed by atoms with E-state index in [9.17, 15) is 24.8 Å². The van der Waals surface area contributed by atoms with E-state index in [4.69, 9.17) is 5.11 Å². The Morgan fingerprint density at radius 2 is 1.68 bits per heavy atom. The molecule has 5 aliphatic rings. The van der Waals surface area contributed by atoms with Crippen LogP contribution in [-0.4, -0.2) is 45.6 Å². The van der Waals surface area contributed by atoms with Crippen molar-refractivity contribution in [2.24, 2.45) is 56.7 Å². The van der Waals surface area contributed by atoms with E-state index >= 15 is 0 Å². The van der Waals surface area contributed by atoms with E-state index in [-0.39, 0.29) is 63.5 Å². The number of nitriles is 1. The van der Waals surface area contributed by atoms with Crippen LogP contribution in [0.2, 0.25) is 0 Å². The highest BCUT2D eigenvalue weighted by Crippen LogP contribution is 2.77. The maximum Gasteiger partial charge on any atom is 0.337 e. The summed E-state index contributed by atoms with van der Waals surface area (Å²) in [6.07, 6.45) is 13.6. The number of hydrogen-bond donors (Lipinski definition) is 4. The standard InChI is InChI=1S/C47H62N4O5/c1-29(17-24-48)34-14-21-47(42(56)49-25-18-30-8-7-9-31(26-30)40(53)51-28-33-11-10-32(27-50-33)41(54)55)23-22-45(5)35(39(34)47)12-13-37-44(4)19-16-38(52)43(2,3)36(44)15-20-46(37,45)6/h7-11,17,26-27,34-39,52H,12-16,18-23,25,28H2,1-6H3,(H,49,56)(H,51,53)(H,54,55)/b29-17-/t34-,35?,36?,37?,38-,39?,44-,45+,46+,47-/m0/s1. The van der Waals surface area contributed by atoms with Crippen LogP contribution in [-0.2, 0) is 17.8 Å². The molecule has 5 fully saturated rings. The van der Waals surface area contributed by atoms with Crippen molar-refractivity contribution in [1.29, 1.82) is 5.26 Å². The number of hydrogen-bond acceptors (Lipinski definition) is 6. The Hall–Kier alpha value is -4.03. The molecular weight excluding hydrogens is 701 g/mol. The summed E-state index contributed by atoms with van der Waals surface area (Å²) in [7, 11) is 0. The number of carboxylic acid groups (broad SMARTS) is 1. The van der Waals surface area contributed by atoms with Crippen LogP contribution in [0.4, 0.5) is 0 Å². The number of carbonyl (C=O) groups excluding carboxylic acids is 2. The first-order valence-corrected chi connectivity index (χ1v) is 21.1. The molecule has 7 rings (SSSR count). The van der Waals surface area contributed by atoms with E-state index in [2.05, 4.69) is 63.2 Å². The highest BCUT2D eigenvalue weighted by molar-refractivity contribution is 5.94. The third kappa shape index (κ3) is 6.39. The molecule has 2 aromatic rings. The third-order valence-corrected chi connectivity index (χ3v) is 17.1. The Morgan fingerprint density at radius 1 is 0.893 bits per heavy atom. The van der Waals surface area contributed by atoms with Gasteiger partial charge < -0.3 is 20.8 Å². The summed E-state index contributed by atoms with van der Waals surface area (Å²) in [5, 5.41) is 36.3. The summed E-state index contributed by atoms with van der Waals surface area (Å²) in [4.78, 5) is 43.0. The molecule has 2 amide bonds. The van der Waals surface area contributed by atoms with Crippen LogP contribution in [0.5, 0.6) is 0 Å². The number of aromatic nitrogens is 1. The molecule has 0 spiro atoms. The average Bonchev–Trinajstić information content (AvgIpc) is 3.57. The molecule has 1 aromatic heterocycles. The lowest BCUT2D eigenvalue weighted by Gasteiger charge is -2.72. The topological polar surface area (TPSA) is 152 Å². The molecule has 1 heterocycles. The van der Waals surface area contributed by atoms with Crippen molar-refractivity contribution in [1.82, 2.24) is 15.6 Å². The number of amides is 2. The molecule has 56 heavy (non-hydrogen) atoms. The summed E-state index contributed by atoms with van der Waals surface area (Å²) < 4.78 is 0. The number of fused-ring (bicyclic) bond motifs is 7. The molecule has 0 aliphatic heterocycles.